The number of aliphatic imine (C=N–C) groups is 1. The molecule has 0 amide bonds. The van der Waals surface area contributed by atoms with Crippen LogP contribution in [0.4, 0.5) is 0 Å². The van der Waals surface area contributed by atoms with E-state index in [1.165, 1.54) is 11.1 Å². The number of fused-ring (bicyclic) bond motifs is 1. The SMILES string of the molecule is O=C=NC1Cc2ccccc2C1. The van der Waals surface area contributed by atoms with Crippen molar-refractivity contribution < 1.29 is 4.79 Å². The molecule has 0 unspecified atom stereocenters. The van der Waals surface area contributed by atoms with Crippen LogP contribution in [-0.2, 0) is 17.6 Å². The predicted molar refractivity (Wildman–Crippen MR) is 45.8 cm³/mol. The Kier molecular flexibility index (Phi) is 1.77. The molecule has 0 N–H and O–H groups in total. The summed E-state index contributed by atoms with van der Waals surface area (Å²) in [7, 11) is 0. The molecule has 0 saturated heterocycles. The highest BCUT2D eigenvalue weighted by molar-refractivity contribution is 5.38. The summed E-state index contributed by atoms with van der Waals surface area (Å²) in [4.78, 5) is 13.8. The third-order valence-electron chi connectivity index (χ3n) is 2.26. The van der Waals surface area contributed by atoms with Crippen LogP contribution in [0.2, 0.25) is 0 Å². The van der Waals surface area contributed by atoms with Crippen molar-refractivity contribution in [1.82, 2.24) is 0 Å². The second-order valence-electron chi connectivity index (χ2n) is 3.05. The van der Waals surface area contributed by atoms with E-state index in [-0.39, 0.29) is 6.04 Å². The normalized spacial score (nSPS) is 15.3. The molecule has 1 aromatic rings. The maximum absolute atomic E-state index is 10.0. The smallest absolute Gasteiger partial charge is 0.211 e. The Morgan fingerprint density at radius 2 is 1.83 bits per heavy atom. The van der Waals surface area contributed by atoms with E-state index in [9.17, 15) is 4.79 Å². The highest BCUT2D eigenvalue weighted by Gasteiger charge is 2.19. The molecule has 12 heavy (non-hydrogen) atoms. The largest absolute Gasteiger partial charge is 0.235 e. The van der Waals surface area contributed by atoms with Gasteiger partial charge in [0.25, 0.3) is 0 Å². The van der Waals surface area contributed by atoms with Crippen LogP contribution in [0.25, 0.3) is 0 Å². The van der Waals surface area contributed by atoms with Gasteiger partial charge in [-0.1, -0.05) is 24.3 Å². The molecular formula is C10H9NO. The van der Waals surface area contributed by atoms with Crippen LogP contribution in [-0.4, -0.2) is 12.1 Å². The first-order chi connectivity index (χ1) is 5.90. The molecule has 1 aromatic carbocycles. The Hall–Kier alpha value is -1.40. The van der Waals surface area contributed by atoms with Gasteiger partial charge in [-0.3, -0.25) is 0 Å². The summed E-state index contributed by atoms with van der Waals surface area (Å²) in [5.74, 6) is 0. The van der Waals surface area contributed by atoms with E-state index in [0.717, 1.165) is 12.8 Å². The van der Waals surface area contributed by atoms with E-state index in [2.05, 4.69) is 17.1 Å². The number of nitrogens with zero attached hydrogens (tertiary/aromatic N) is 1. The van der Waals surface area contributed by atoms with Gasteiger partial charge in [-0.2, -0.15) is 0 Å². The summed E-state index contributed by atoms with van der Waals surface area (Å²) < 4.78 is 0. The molecular weight excluding hydrogens is 150 g/mol. The van der Waals surface area contributed by atoms with E-state index in [0.29, 0.717) is 0 Å². The van der Waals surface area contributed by atoms with Crippen molar-refractivity contribution in [2.24, 2.45) is 4.99 Å². The minimum atomic E-state index is 0.139. The summed E-state index contributed by atoms with van der Waals surface area (Å²) in [6.45, 7) is 0. The fraction of sp³-hybridized carbons (Fsp3) is 0.300. The van der Waals surface area contributed by atoms with Crippen molar-refractivity contribution in [3.63, 3.8) is 0 Å². The molecule has 0 aromatic heterocycles. The first-order valence-corrected chi connectivity index (χ1v) is 4.04. The third-order valence-corrected chi connectivity index (χ3v) is 2.26. The van der Waals surface area contributed by atoms with Gasteiger partial charge in [-0.15, -0.1) is 0 Å². The van der Waals surface area contributed by atoms with Gasteiger partial charge >= 0.3 is 0 Å². The molecule has 0 saturated carbocycles. The lowest BCUT2D eigenvalue weighted by Crippen LogP contribution is -2.01. The molecule has 2 nitrogen and oxygen atoms in total. The molecule has 0 aliphatic heterocycles. The predicted octanol–water partition coefficient (Wildman–Crippen LogP) is 1.49. The van der Waals surface area contributed by atoms with Crippen LogP contribution in [0, 0.1) is 0 Å². The first-order valence-electron chi connectivity index (χ1n) is 4.04. The zero-order chi connectivity index (χ0) is 8.39. The quantitative estimate of drug-likeness (QED) is 0.451. The summed E-state index contributed by atoms with van der Waals surface area (Å²) in [5, 5.41) is 0. The molecule has 1 aliphatic carbocycles. The molecule has 0 bridgehead atoms. The zero-order valence-electron chi connectivity index (χ0n) is 6.66. The molecule has 0 fully saturated rings. The molecule has 0 heterocycles. The summed E-state index contributed by atoms with van der Waals surface area (Å²) >= 11 is 0. The van der Waals surface area contributed by atoms with Gasteiger partial charge in [0, 0.05) is 0 Å². The molecule has 0 atom stereocenters. The van der Waals surface area contributed by atoms with Crippen LogP contribution < -0.4 is 0 Å². The Morgan fingerprint density at radius 1 is 1.25 bits per heavy atom. The Labute approximate surface area is 70.9 Å². The minimum Gasteiger partial charge on any atom is -0.211 e. The fourth-order valence-electron chi connectivity index (χ4n) is 1.70. The standard InChI is InChI=1S/C10H9NO/c12-7-11-10-5-8-3-1-2-4-9(8)6-10/h1-4,10H,5-6H2. The van der Waals surface area contributed by atoms with Crippen LogP contribution in [0.3, 0.4) is 0 Å². The highest BCUT2D eigenvalue weighted by atomic mass is 16.1. The van der Waals surface area contributed by atoms with E-state index < -0.39 is 0 Å². The fourth-order valence-corrected chi connectivity index (χ4v) is 1.70. The van der Waals surface area contributed by atoms with Crippen LogP contribution in [0.5, 0.6) is 0 Å². The Bertz CT molecular complexity index is 314. The average molecular weight is 159 g/mol. The van der Waals surface area contributed by atoms with E-state index in [1.54, 1.807) is 6.08 Å². The number of carbonyl (C=O) groups excluding carboxylic acids is 1. The Morgan fingerprint density at radius 3 is 2.33 bits per heavy atom. The van der Waals surface area contributed by atoms with Gasteiger partial charge in [0.2, 0.25) is 6.08 Å². The molecule has 2 rings (SSSR count). The summed E-state index contributed by atoms with van der Waals surface area (Å²) in [6, 6.07) is 8.36. The summed E-state index contributed by atoms with van der Waals surface area (Å²) in [5.41, 5.74) is 2.64. The maximum Gasteiger partial charge on any atom is 0.235 e. The lowest BCUT2D eigenvalue weighted by atomic mass is 10.1. The Balaban J connectivity index is 2.27. The van der Waals surface area contributed by atoms with E-state index >= 15 is 0 Å². The second-order valence-corrected chi connectivity index (χ2v) is 3.05. The molecule has 60 valence electrons. The molecule has 0 radical (unpaired) electrons. The van der Waals surface area contributed by atoms with Gasteiger partial charge in [-0.05, 0) is 24.0 Å². The van der Waals surface area contributed by atoms with Gasteiger partial charge in [0.15, 0.2) is 0 Å². The highest BCUT2D eigenvalue weighted by Crippen LogP contribution is 2.23. The molecule has 0 spiro atoms. The van der Waals surface area contributed by atoms with Crippen molar-refractivity contribution in [1.29, 1.82) is 0 Å². The third kappa shape index (κ3) is 1.17. The summed E-state index contributed by atoms with van der Waals surface area (Å²) in [6.07, 6.45) is 3.41. The van der Waals surface area contributed by atoms with Crippen LogP contribution in [0.15, 0.2) is 29.3 Å². The van der Waals surface area contributed by atoms with Crippen molar-refractivity contribution >= 4 is 6.08 Å². The van der Waals surface area contributed by atoms with Gasteiger partial charge in [-0.25, -0.2) is 9.79 Å². The number of benzene rings is 1. The van der Waals surface area contributed by atoms with E-state index in [1.807, 2.05) is 12.1 Å². The van der Waals surface area contributed by atoms with Gasteiger partial charge < -0.3 is 0 Å². The molecule has 1 aliphatic rings. The van der Waals surface area contributed by atoms with Crippen molar-refractivity contribution in [2.45, 2.75) is 18.9 Å². The zero-order valence-corrected chi connectivity index (χ0v) is 6.66. The maximum atomic E-state index is 10.0. The van der Waals surface area contributed by atoms with Crippen molar-refractivity contribution in [3.8, 4) is 0 Å². The van der Waals surface area contributed by atoms with Crippen LogP contribution in [0.1, 0.15) is 11.1 Å². The lowest BCUT2D eigenvalue weighted by Gasteiger charge is -1.94. The van der Waals surface area contributed by atoms with E-state index in [4.69, 9.17) is 0 Å². The van der Waals surface area contributed by atoms with Crippen LogP contribution >= 0.6 is 0 Å². The number of rotatable bonds is 1. The number of hydrogen-bond acceptors (Lipinski definition) is 2. The second kappa shape index (κ2) is 2.92. The van der Waals surface area contributed by atoms with Gasteiger partial charge in [0.1, 0.15) is 0 Å². The van der Waals surface area contributed by atoms with Crippen molar-refractivity contribution in [3.05, 3.63) is 35.4 Å². The number of hydrogen-bond donors (Lipinski definition) is 0. The lowest BCUT2D eigenvalue weighted by molar-refractivity contribution is 0.557. The van der Waals surface area contributed by atoms with Crippen molar-refractivity contribution in [2.75, 3.05) is 0 Å². The average Bonchev–Trinajstić information content (AvgIpc) is 2.47. The minimum absolute atomic E-state index is 0.139. The molecule has 2 heteroatoms. The number of isocyanates is 1. The monoisotopic (exact) mass is 159 g/mol. The first kappa shape index (κ1) is 7.26. The topological polar surface area (TPSA) is 29.4 Å². The van der Waals surface area contributed by atoms with Gasteiger partial charge in [0.05, 0.1) is 6.04 Å².